The van der Waals surface area contributed by atoms with E-state index in [9.17, 15) is 0 Å². The first kappa shape index (κ1) is 13.8. The number of hydrogen-bond donors (Lipinski definition) is 1. The highest BCUT2D eigenvalue weighted by Gasteiger charge is 2.12. The molecule has 0 aliphatic heterocycles. The smallest absolute Gasteiger partial charge is 0.122 e. The Hall–Kier alpha value is -1.22. The maximum absolute atomic E-state index is 5.40. The Morgan fingerprint density at radius 2 is 2.00 bits per heavy atom. The fraction of sp³-hybridized carbons (Fsp3) is 0.571. The van der Waals surface area contributed by atoms with Gasteiger partial charge >= 0.3 is 0 Å². The Balaban J connectivity index is 2.78. The second-order valence-electron chi connectivity index (χ2n) is 4.15. The molecule has 1 aromatic rings. The maximum atomic E-state index is 5.40. The number of rotatable bonds is 7. The Labute approximate surface area is 104 Å². The van der Waals surface area contributed by atoms with Crippen molar-refractivity contribution < 1.29 is 9.47 Å². The van der Waals surface area contributed by atoms with Gasteiger partial charge in [-0.25, -0.2) is 0 Å². The average molecular weight is 237 g/mol. The summed E-state index contributed by atoms with van der Waals surface area (Å²) in [6.07, 6.45) is 1.09. The Kier molecular flexibility index (Phi) is 5.84. The summed E-state index contributed by atoms with van der Waals surface area (Å²) in [6, 6.07) is 5.96. The average Bonchev–Trinajstić information content (AvgIpc) is 2.38. The minimum atomic E-state index is 0.458. The number of ether oxygens (including phenoxy) is 2. The summed E-state index contributed by atoms with van der Waals surface area (Å²) in [6.45, 7) is 6.38. The first-order chi connectivity index (χ1) is 8.22. The van der Waals surface area contributed by atoms with Gasteiger partial charge in [-0.15, -0.1) is 0 Å². The van der Waals surface area contributed by atoms with Crippen molar-refractivity contribution in [3.8, 4) is 11.5 Å². The summed E-state index contributed by atoms with van der Waals surface area (Å²) in [5.41, 5.74) is 1.21. The molecule has 3 heteroatoms. The van der Waals surface area contributed by atoms with Crippen LogP contribution in [-0.2, 0) is 0 Å². The molecule has 17 heavy (non-hydrogen) atoms. The molecular formula is C14H23NO2. The second kappa shape index (κ2) is 7.17. The van der Waals surface area contributed by atoms with E-state index in [1.807, 2.05) is 12.1 Å². The van der Waals surface area contributed by atoms with Crippen LogP contribution in [0.5, 0.6) is 11.5 Å². The van der Waals surface area contributed by atoms with Crippen molar-refractivity contribution in [1.82, 2.24) is 5.32 Å². The van der Waals surface area contributed by atoms with Crippen LogP contribution in [0.1, 0.15) is 31.7 Å². The Morgan fingerprint density at radius 3 is 2.59 bits per heavy atom. The molecule has 0 saturated heterocycles. The second-order valence-corrected chi connectivity index (χ2v) is 4.15. The molecule has 0 radical (unpaired) electrons. The van der Waals surface area contributed by atoms with Crippen molar-refractivity contribution in [2.45, 2.75) is 26.2 Å². The summed E-state index contributed by atoms with van der Waals surface area (Å²) in [4.78, 5) is 0. The molecule has 96 valence electrons. The van der Waals surface area contributed by atoms with Gasteiger partial charge in [0.2, 0.25) is 0 Å². The zero-order chi connectivity index (χ0) is 12.7. The van der Waals surface area contributed by atoms with Crippen molar-refractivity contribution in [2.75, 3.05) is 27.3 Å². The zero-order valence-corrected chi connectivity index (χ0v) is 11.2. The highest BCUT2D eigenvalue weighted by molar-refractivity contribution is 5.42. The van der Waals surface area contributed by atoms with Crippen LogP contribution >= 0.6 is 0 Å². The van der Waals surface area contributed by atoms with Gasteiger partial charge in [0, 0.05) is 5.56 Å². The lowest BCUT2D eigenvalue weighted by atomic mass is 9.96. The zero-order valence-electron chi connectivity index (χ0n) is 11.2. The summed E-state index contributed by atoms with van der Waals surface area (Å²) < 4.78 is 10.7. The van der Waals surface area contributed by atoms with E-state index in [1.165, 1.54) is 5.56 Å². The molecule has 0 aliphatic carbocycles. The molecule has 3 nitrogen and oxygen atoms in total. The monoisotopic (exact) mass is 237 g/mol. The van der Waals surface area contributed by atoms with Gasteiger partial charge in [0.15, 0.2) is 0 Å². The van der Waals surface area contributed by atoms with Crippen molar-refractivity contribution in [1.29, 1.82) is 0 Å². The SMILES string of the molecule is CCNCCC(C)c1cc(OC)ccc1OC. The first-order valence-corrected chi connectivity index (χ1v) is 6.15. The van der Waals surface area contributed by atoms with Gasteiger partial charge in [0.1, 0.15) is 11.5 Å². The van der Waals surface area contributed by atoms with Crippen LogP contribution in [0, 0.1) is 0 Å². The van der Waals surface area contributed by atoms with Crippen molar-refractivity contribution in [3.63, 3.8) is 0 Å². The maximum Gasteiger partial charge on any atom is 0.122 e. The lowest BCUT2D eigenvalue weighted by molar-refractivity contribution is 0.394. The molecule has 1 unspecified atom stereocenters. The third-order valence-corrected chi connectivity index (χ3v) is 2.97. The van der Waals surface area contributed by atoms with Crippen LogP contribution in [0.2, 0.25) is 0 Å². The predicted octanol–water partition coefficient (Wildman–Crippen LogP) is 2.81. The van der Waals surface area contributed by atoms with E-state index in [0.29, 0.717) is 5.92 Å². The first-order valence-electron chi connectivity index (χ1n) is 6.15. The molecule has 0 bridgehead atoms. The highest BCUT2D eigenvalue weighted by atomic mass is 16.5. The molecule has 0 aromatic heterocycles. The largest absolute Gasteiger partial charge is 0.497 e. The van der Waals surface area contributed by atoms with Gasteiger partial charge in [0.05, 0.1) is 14.2 Å². The van der Waals surface area contributed by atoms with Gasteiger partial charge in [-0.3, -0.25) is 0 Å². The summed E-state index contributed by atoms with van der Waals surface area (Å²) in [5.74, 6) is 2.28. The van der Waals surface area contributed by atoms with Gasteiger partial charge in [-0.1, -0.05) is 13.8 Å². The van der Waals surface area contributed by atoms with E-state index in [2.05, 4.69) is 25.2 Å². The number of benzene rings is 1. The van der Waals surface area contributed by atoms with Crippen LogP contribution in [0.25, 0.3) is 0 Å². The molecule has 0 heterocycles. The van der Waals surface area contributed by atoms with E-state index < -0.39 is 0 Å². The molecule has 1 N–H and O–H groups in total. The third-order valence-electron chi connectivity index (χ3n) is 2.97. The number of nitrogens with one attached hydrogen (secondary N) is 1. The van der Waals surface area contributed by atoms with Gasteiger partial charge in [0.25, 0.3) is 0 Å². The fourth-order valence-electron chi connectivity index (χ4n) is 1.88. The summed E-state index contributed by atoms with van der Waals surface area (Å²) in [7, 11) is 3.40. The Morgan fingerprint density at radius 1 is 1.24 bits per heavy atom. The van der Waals surface area contributed by atoms with Crippen LogP contribution in [0.4, 0.5) is 0 Å². The number of hydrogen-bond acceptors (Lipinski definition) is 3. The van der Waals surface area contributed by atoms with Gasteiger partial charge < -0.3 is 14.8 Å². The topological polar surface area (TPSA) is 30.5 Å². The van der Waals surface area contributed by atoms with Crippen LogP contribution < -0.4 is 14.8 Å². The lowest BCUT2D eigenvalue weighted by Gasteiger charge is -2.16. The quantitative estimate of drug-likeness (QED) is 0.740. The molecular weight excluding hydrogens is 214 g/mol. The van der Waals surface area contributed by atoms with Crippen LogP contribution in [-0.4, -0.2) is 27.3 Å². The molecule has 0 fully saturated rings. The van der Waals surface area contributed by atoms with Crippen LogP contribution in [0.3, 0.4) is 0 Å². The molecule has 0 saturated carbocycles. The normalized spacial score (nSPS) is 12.2. The standard InChI is InChI=1S/C14H23NO2/c1-5-15-9-8-11(2)13-10-12(16-3)6-7-14(13)17-4/h6-7,10-11,15H,5,8-9H2,1-4H3. The molecule has 0 amide bonds. The third kappa shape index (κ3) is 3.93. The van der Waals surface area contributed by atoms with Crippen molar-refractivity contribution in [2.24, 2.45) is 0 Å². The van der Waals surface area contributed by atoms with Crippen LogP contribution in [0.15, 0.2) is 18.2 Å². The van der Waals surface area contributed by atoms with E-state index >= 15 is 0 Å². The number of methoxy groups -OCH3 is 2. The lowest BCUT2D eigenvalue weighted by Crippen LogP contribution is -2.16. The van der Waals surface area contributed by atoms with Gasteiger partial charge in [-0.2, -0.15) is 0 Å². The minimum absolute atomic E-state index is 0.458. The Bertz CT molecular complexity index is 339. The summed E-state index contributed by atoms with van der Waals surface area (Å²) >= 11 is 0. The highest BCUT2D eigenvalue weighted by Crippen LogP contribution is 2.31. The van der Waals surface area contributed by atoms with E-state index in [0.717, 1.165) is 31.0 Å². The fourth-order valence-corrected chi connectivity index (χ4v) is 1.88. The predicted molar refractivity (Wildman–Crippen MR) is 71.1 cm³/mol. The van der Waals surface area contributed by atoms with Gasteiger partial charge in [-0.05, 0) is 43.6 Å². The molecule has 1 rings (SSSR count). The minimum Gasteiger partial charge on any atom is -0.497 e. The molecule has 0 spiro atoms. The molecule has 1 aromatic carbocycles. The van der Waals surface area contributed by atoms with E-state index in [4.69, 9.17) is 9.47 Å². The summed E-state index contributed by atoms with van der Waals surface area (Å²) in [5, 5.41) is 3.34. The van der Waals surface area contributed by atoms with E-state index in [1.54, 1.807) is 14.2 Å². The van der Waals surface area contributed by atoms with Crippen molar-refractivity contribution in [3.05, 3.63) is 23.8 Å². The molecule has 1 atom stereocenters. The molecule has 0 aliphatic rings. The van der Waals surface area contributed by atoms with E-state index in [-0.39, 0.29) is 0 Å². The van der Waals surface area contributed by atoms with Crippen molar-refractivity contribution >= 4 is 0 Å².